The van der Waals surface area contributed by atoms with E-state index in [0.717, 1.165) is 12.8 Å². The summed E-state index contributed by atoms with van der Waals surface area (Å²) < 4.78 is 0. The summed E-state index contributed by atoms with van der Waals surface area (Å²) in [6.45, 7) is 4.27. The van der Waals surface area contributed by atoms with Gasteiger partial charge in [-0.25, -0.2) is 0 Å². The van der Waals surface area contributed by atoms with Gasteiger partial charge in [0.05, 0.1) is 6.07 Å². The van der Waals surface area contributed by atoms with Crippen molar-refractivity contribution < 1.29 is 10.1 Å². The van der Waals surface area contributed by atoms with Gasteiger partial charge in [-0.2, -0.15) is 5.26 Å². The van der Waals surface area contributed by atoms with Crippen molar-refractivity contribution in [2.24, 2.45) is 5.92 Å². The van der Waals surface area contributed by atoms with Crippen LogP contribution >= 0.6 is 0 Å². The molecule has 0 heterocycles. The first-order chi connectivity index (χ1) is 11.5. The molecule has 2 aromatic rings. The van der Waals surface area contributed by atoms with Gasteiger partial charge in [-0.05, 0) is 43.4 Å². The number of carbonyl (C=O) groups excluding carboxylic acids is 1. The van der Waals surface area contributed by atoms with Gasteiger partial charge in [0, 0.05) is 5.56 Å². The lowest BCUT2D eigenvalue weighted by atomic mass is 9.98. The van der Waals surface area contributed by atoms with Gasteiger partial charge in [0.25, 0.3) is 5.91 Å². The molecular formula is C20H24N3O+. The number of nitriles is 1. The molecule has 3 rings (SSSR count). The maximum atomic E-state index is 12.3. The molecule has 1 saturated carbocycles. The zero-order valence-corrected chi connectivity index (χ0v) is 14.3. The molecule has 0 aromatic heterocycles. The van der Waals surface area contributed by atoms with Gasteiger partial charge in [0.15, 0.2) is 6.54 Å². The van der Waals surface area contributed by atoms with Crippen molar-refractivity contribution in [3.05, 3.63) is 48.0 Å². The number of hydrogen-bond donors (Lipinski definition) is 2. The van der Waals surface area contributed by atoms with Crippen LogP contribution in [0.4, 0.5) is 0 Å². The van der Waals surface area contributed by atoms with Crippen molar-refractivity contribution in [3.8, 4) is 6.07 Å². The first-order valence-corrected chi connectivity index (χ1v) is 8.57. The Hall–Kier alpha value is -2.38. The zero-order chi connectivity index (χ0) is 17.2. The summed E-state index contributed by atoms with van der Waals surface area (Å²) in [6.07, 6.45) is 2.06. The third-order valence-corrected chi connectivity index (χ3v) is 5.00. The summed E-state index contributed by atoms with van der Waals surface area (Å²) in [5.41, 5.74) is 0.513. The standard InChI is InChI=1S/C20H23N3O/c1-14(17-9-5-7-15-6-3-4-8-18(15)17)22-12-19(24)23-20(2,13-21)16-10-11-16/h3-9,14,16,22H,10-12H2,1-2H3,(H,23,24)/p+1/t14-,20+/m0/s1. The van der Waals surface area contributed by atoms with E-state index in [9.17, 15) is 10.1 Å². The fraction of sp³-hybridized carbons (Fsp3) is 0.400. The van der Waals surface area contributed by atoms with Crippen LogP contribution in [0.25, 0.3) is 10.8 Å². The van der Waals surface area contributed by atoms with Crippen molar-refractivity contribution in [3.63, 3.8) is 0 Å². The van der Waals surface area contributed by atoms with E-state index in [1.54, 1.807) is 0 Å². The van der Waals surface area contributed by atoms with Crippen LogP contribution in [0.1, 0.15) is 38.3 Å². The van der Waals surface area contributed by atoms with Crippen LogP contribution in [0.2, 0.25) is 0 Å². The van der Waals surface area contributed by atoms with E-state index in [2.05, 4.69) is 48.6 Å². The van der Waals surface area contributed by atoms with E-state index in [-0.39, 0.29) is 11.9 Å². The zero-order valence-electron chi connectivity index (χ0n) is 14.3. The Morgan fingerprint density at radius 3 is 2.75 bits per heavy atom. The molecular weight excluding hydrogens is 298 g/mol. The van der Waals surface area contributed by atoms with Crippen LogP contribution in [-0.4, -0.2) is 18.0 Å². The molecule has 0 spiro atoms. The van der Waals surface area contributed by atoms with Crippen LogP contribution in [0.5, 0.6) is 0 Å². The number of nitrogens with zero attached hydrogens (tertiary/aromatic N) is 1. The fourth-order valence-corrected chi connectivity index (χ4v) is 3.28. The Kier molecular flexibility index (Phi) is 4.55. The van der Waals surface area contributed by atoms with Gasteiger partial charge in [-0.15, -0.1) is 0 Å². The Morgan fingerprint density at radius 1 is 1.33 bits per heavy atom. The molecule has 1 amide bonds. The number of nitrogens with one attached hydrogen (secondary N) is 1. The highest BCUT2D eigenvalue weighted by atomic mass is 16.2. The molecule has 4 nitrogen and oxygen atoms in total. The van der Waals surface area contributed by atoms with Crippen LogP contribution in [0.3, 0.4) is 0 Å². The number of quaternary nitrogens is 1. The lowest BCUT2D eigenvalue weighted by molar-refractivity contribution is -0.682. The molecule has 24 heavy (non-hydrogen) atoms. The highest BCUT2D eigenvalue weighted by Gasteiger charge is 2.43. The smallest absolute Gasteiger partial charge is 0.276 e. The molecule has 2 atom stereocenters. The molecule has 124 valence electrons. The van der Waals surface area contributed by atoms with Gasteiger partial charge in [0.2, 0.25) is 0 Å². The van der Waals surface area contributed by atoms with E-state index in [1.807, 2.05) is 24.4 Å². The largest absolute Gasteiger partial charge is 0.333 e. The second-order valence-corrected chi connectivity index (χ2v) is 6.93. The minimum Gasteiger partial charge on any atom is -0.333 e. The number of carbonyl (C=O) groups is 1. The molecule has 0 radical (unpaired) electrons. The topological polar surface area (TPSA) is 69.5 Å². The van der Waals surface area contributed by atoms with E-state index in [0.29, 0.717) is 12.5 Å². The lowest BCUT2D eigenvalue weighted by Crippen LogP contribution is -2.87. The minimum absolute atomic E-state index is 0.0713. The third kappa shape index (κ3) is 3.42. The van der Waals surface area contributed by atoms with E-state index < -0.39 is 5.54 Å². The second kappa shape index (κ2) is 6.62. The van der Waals surface area contributed by atoms with Gasteiger partial charge < -0.3 is 10.6 Å². The predicted molar refractivity (Wildman–Crippen MR) is 94.0 cm³/mol. The predicted octanol–water partition coefficient (Wildman–Crippen LogP) is 2.27. The fourth-order valence-electron chi connectivity index (χ4n) is 3.28. The van der Waals surface area contributed by atoms with Crippen LogP contribution in [0, 0.1) is 17.2 Å². The van der Waals surface area contributed by atoms with E-state index in [1.165, 1.54) is 16.3 Å². The van der Waals surface area contributed by atoms with Gasteiger partial charge in [-0.3, -0.25) is 4.79 Å². The number of hydrogen-bond acceptors (Lipinski definition) is 2. The minimum atomic E-state index is -0.715. The van der Waals surface area contributed by atoms with Crippen LogP contribution in [0.15, 0.2) is 42.5 Å². The third-order valence-electron chi connectivity index (χ3n) is 5.00. The normalized spacial score (nSPS) is 17.7. The molecule has 0 unspecified atom stereocenters. The van der Waals surface area contributed by atoms with E-state index in [4.69, 9.17) is 0 Å². The molecule has 0 saturated heterocycles. The summed E-state index contributed by atoms with van der Waals surface area (Å²) in [4.78, 5) is 12.3. The summed E-state index contributed by atoms with van der Waals surface area (Å²) >= 11 is 0. The molecule has 1 aliphatic carbocycles. The van der Waals surface area contributed by atoms with Gasteiger partial charge >= 0.3 is 0 Å². The van der Waals surface area contributed by atoms with Crippen molar-refractivity contribution >= 4 is 16.7 Å². The first kappa shape index (κ1) is 16.5. The average Bonchev–Trinajstić information content (AvgIpc) is 3.44. The molecule has 1 fully saturated rings. The summed E-state index contributed by atoms with van der Waals surface area (Å²) in [6, 6.07) is 17.0. The Morgan fingerprint density at radius 2 is 2.04 bits per heavy atom. The van der Waals surface area contributed by atoms with Crippen LogP contribution < -0.4 is 10.6 Å². The van der Waals surface area contributed by atoms with Gasteiger partial charge in [0.1, 0.15) is 11.6 Å². The lowest BCUT2D eigenvalue weighted by Gasteiger charge is -2.22. The molecule has 3 N–H and O–H groups in total. The van der Waals surface area contributed by atoms with E-state index >= 15 is 0 Å². The maximum Gasteiger partial charge on any atom is 0.276 e. The maximum absolute atomic E-state index is 12.3. The highest BCUT2D eigenvalue weighted by molar-refractivity contribution is 5.86. The van der Waals surface area contributed by atoms with Crippen molar-refractivity contribution in [2.75, 3.05) is 6.54 Å². The second-order valence-electron chi connectivity index (χ2n) is 6.93. The summed E-state index contributed by atoms with van der Waals surface area (Å²) in [5, 5.41) is 16.7. The van der Waals surface area contributed by atoms with Crippen LogP contribution in [-0.2, 0) is 4.79 Å². The molecule has 0 aliphatic heterocycles. The Balaban J connectivity index is 1.63. The quantitative estimate of drug-likeness (QED) is 0.856. The summed E-state index contributed by atoms with van der Waals surface area (Å²) in [7, 11) is 0. The van der Waals surface area contributed by atoms with Crippen molar-refractivity contribution in [1.29, 1.82) is 5.26 Å². The summed E-state index contributed by atoms with van der Waals surface area (Å²) in [5.74, 6) is 0.236. The average molecular weight is 322 g/mol. The number of benzene rings is 2. The molecule has 1 aliphatic rings. The number of amides is 1. The molecule has 0 bridgehead atoms. The van der Waals surface area contributed by atoms with Crippen molar-refractivity contribution in [2.45, 2.75) is 38.3 Å². The number of nitrogens with two attached hydrogens (primary N) is 1. The SMILES string of the molecule is C[C@H]([NH2+]CC(=O)N[C@](C)(C#N)C1CC1)c1cccc2ccccc12. The van der Waals surface area contributed by atoms with Gasteiger partial charge in [-0.1, -0.05) is 42.5 Å². The Labute approximate surface area is 142 Å². The van der Waals surface area contributed by atoms with Crippen molar-refractivity contribution in [1.82, 2.24) is 5.32 Å². The molecule has 4 heteroatoms. The number of fused-ring (bicyclic) bond motifs is 1. The Bertz CT molecular complexity index is 786. The molecule has 2 aromatic carbocycles. The number of rotatable bonds is 6. The highest BCUT2D eigenvalue weighted by Crippen LogP contribution is 2.39. The first-order valence-electron chi connectivity index (χ1n) is 8.57. The monoisotopic (exact) mass is 322 g/mol.